The van der Waals surface area contributed by atoms with E-state index in [0.29, 0.717) is 9.35 Å². The lowest BCUT2D eigenvalue weighted by Crippen LogP contribution is -2.02. The Hall–Kier alpha value is -0.780. The third kappa shape index (κ3) is 2.03. The van der Waals surface area contributed by atoms with Gasteiger partial charge in [-0.25, -0.2) is 4.39 Å². The molecule has 0 aliphatic carbocycles. The number of rotatable bonds is 2. The van der Waals surface area contributed by atoms with Gasteiger partial charge < -0.3 is 0 Å². The molecule has 1 aromatic heterocycles. The van der Waals surface area contributed by atoms with Crippen molar-refractivity contribution in [3.05, 3.63) is 49.6 Å². The fourth-order valence-electron chi connectivity index (χ4n) is 1.16. The summed E-state index contributed by atoms with van der Waals surface area (Å²) in [7, 11) is 0. The summed E-state index contributed by atoms with van der Waals surface area (Å²) in [5.41, 5.74) is 1.48. The molecule has 1 heterocycles. The van der Waals surface area contributed by atoms with Crippen molar-refractivity contribution in [1.82, 2.24) is 4.98 Å². The third-order valence-corrected chi connectivity index (χ3v) is 3.97. The van der Waals surface area contributed by atoms with Crippen molar-refractivity contribution in [1.29, 1.82) is 0 Å². The maximum absolute atomic E-state index is 13.7. The highest BCUT2D eigenvalue weighted by Gasteiger charge is 2.18. The Bertz CT molecular complexity index is 544. The van der Waals surface area contributed by atoms with E-state index in [1.165, 1.54) is 17.8 Å². The van der Waals surface area contributed by atoms with E-state index in [0.717, 1.165) is 11.3 Å². The summed E-state index contributed by atoms with van der Waals surface area (Å²) in [6.07, 6.45) is 1.41. The van der Waals surface area contributed by atoms with Crippen molar-refractivity contribution in [2.24, 2.45) is 0 Å². The summed E-state index contributed by atoms with van der Waals surface area (Å²) in [4.78, 5) is 16.0. The molecule has 0 spiro atoms. The summed E-state index contributed by atoms with van der Waals surface area (Å²) in [5, 5.41) is -0.0876. The Morgan fingerprint density at radius 2 is 2.25 bits per heavy atom. The maximum atomic E-state index is 13.7. The Morgan fingerprint density at radius 3 is 2.88 bits per heavy atom. The van der Waals surface area contributed by atoms with Gasteiger partial charge in [-0.1, -0.05) is 11.6 Å². The molecular formula is C10H4BrClFNOS. The number of carbonyl (C=O) groups is 1. The van der Waals surface area contributed by atoms with Crippen molar-refractivity contribution in [3.63, 3.8) is 0 Å². The van der Waals surface area contributed by atoms with Crippen LogP contribution in [0.3, 0.4) is 0 Å². The van der Waals surface area contributed by atoms with Crippen LogP contribution in [0.15, 0.2) is 28.3 Å². The molecule has 0 N–H and O–H groups in total. The summed E-state index contributed by atoms with van der Waals surface area (Å²) in [5.74, 6) is -1.12. The molecule has 0 amide bonds. The first-order valence-electron chi connectivity index (χ1n) is 4.18. The van der Waals surface area contributed by atoms with Gasteiger partial charge in [-0.2, -0.15) is 0 Å². The highest BCUT2D eigenvalue weighted by molar-refractivity contribution is 9.10. The Labute approximate surface area is 108 Å². The van der Waals surface area contributed by atoms with E-state index in [-0.39, 0.29) is 10.6 Å². The molecule has 0 bridgehead atoms. The quantitative estimate of drug-likeness (QED) is 0.620. The fourth-order valence-corrected chi connectivity index (χ4v) is 2.21. The number of benzene rings is 1. The molecule has 0 saturated heterocycles. The van der Waals surface area contributed by atoms with Crippen LogP contribution < -0.4 is 0 Å². The minimum atomic E-state index is -0.713. The summed E-state index contributed by atoms with van der Waals surface area (Å²) in [6.45, 7) is 0. The minimum Gasteiger partial charge on any atom is -0.288 e. The molecule has 0 unspecified atom stereocenters. The lowest BCUT2D eigenvalue weighted by Gasteiger charge is -2.03. The molecule has 2 nitrogen and oxygen atoms in total. The molecule has 82 valence electrons. The van der Waals surface area contributed by atoms with Crippen molar-refractivity contribution >= 4 is 44.7 Å². The standard InChI is InChI=1S/C10H4BrClFNOS/c11-6-2-1-5(9(13)8(6)12)10(15)7-3-14-4-16-7/h1-4H. The average molecular weight is 321 g/mol. The van der Waals surface area contributed by atoms with Crippen molar-refractivity contribution in [2.45, 2.75) is 0 Å². The van der Waals surface area contributed by atoms with Crippen LogP contribution in [-0.2, 0) is 0 Å². The lowest BCUT2D eigenvalue weighted by atomic mass is 10.1. The number of nitrogens with zero attached hydrogens (tertiary/aromatic N) is 1. The first-order valence-corrected chi connectivity index (χ1v) is 6.23. The van der Waals surface area contributed by atoms with Crippen LogP contribution in [0.25, 0.3) is 0 Å². The van der Waals surface area contributed by atoms with Crippen LogP contribution in [0.4, 0.5) is 4.39 Å². The van der Waals surface area contributed by atoms with E-state index >= 15 is 0 Å². The highest BCUT2D eigenvalue weighted by atomic mass is 79.9. The van der Waals surface area contributed by atoms with Gasteiger partial charge in [0.25, 0.3) is 0 Å². The normalized spacial score (nSPS) is 10.4. The zero-order valence-electron chi connectivity index (χ0n) is 7.71. The number of ketones is 1. The zero-order chi connectivity index (χ0) is 11.7. The second kappa shape index (κ2) is 4.61. The molecule has 0 radical (unpaired) electrons. The van der Waals surface area contributed by atoms with Gasteiger partial charge >= 0.3 is 0 Å². The molecule has 0 aliphatic rings. The summed E-state index contributed by atoms with van der Waals surface area (Å²) < 4.78 is 14.1. The first kappa shape index (κ1) is 11.7. The zero-order valence-corrected chi connectivity index (χ0v) is 10.9. The SMILES string of the molecule is O=C(c1cncs1)c1ccc(Br)c(Cl)c1F. The largest absolute Gasteiger partial charge is 0.288 e. The van der Waals surface area contributed by atoms with Crippen molar-refractivity contribution < 1.29 is 9.18 Å². The molecule has 2 aromatic rings. The molecular weight excluding hydrogens is 317 g/mol. The predicted molar refractivity (Wildman–Crippen MR) is 64.7 cm³/mol. The van der Waals surface area contributed by atoms with E-state index in [1.54, 1.807) is 6.07 Å². The molecule has 0 saturated carbocycles. The van der Waals surface area contributed by atoms with E-state index in [2.05, 4.69) is 20.9 Å². The second-order valence-electron chi connectivity index (χ2n) is 2.92. The van der Waals surface area contributed by atoms with Gasteiger partial charge in [-0.05, 0) is 28.1 Å². The predicted octanol–water partition coefficient (Wildman–Crippen LogP) is 3.93. The van der Waals surface area contributed by atoms with Gasteiger partial charge in [0, 0.05) is 10.7 Å². The second-order valence-corrected chi connectivity index (χ2v) is 5.04. The van der Waals surface area contributed by atoms with Crippen LogP contribution >= 0.6 is 38.9 Å². The maximum Gasteiger partial charge on any atom is 0.207 e. The minimum absolute atomic E-state index is 0.0440. The fraction of sp³-hybridized carbons (Fsp3) is 0. The molecule has 16 heavy (non-hydrogen) atoms. The number of hydrogen-bond acceptors (Lipinski definition) is 3. The summed E-state index contributed by atoms with van der Waals surface area (Å²) >= 11 is 9.95. The van der Waals surface area contributed by atoms with Crippen LogP contribution in [0.2, 0.25) is 5.02 Å². The Morgan fingerprint density at radius 1 is 1.50 bits per heavy atom. The third-order valence-electron chi connectivity index (χ3n) is 1.94. The van der Waals surface area contributed by atoms with Gasteiger partial charge in [0.2, 0.25) is 5.78 Å². The molecule has 6 heteroatoms. The van der Waals surface area contributed by atoms with Gasteiger partial charge in [0.05, 0.1) is 21.0 Å². The lowest BCUT2D eigenvalue weighted by molar-refractivity contribution is 0.103. The van der Waals surface area contributed by atoms with E-state index in [4.69, 9.17) is 11.6 Å². The molecule has 0 aliphatic heterocycles. The Balaban J connectivity index is 2.50. The molecule has 1 aromatic carbocycles. The summed E-state index contributed by atoms with van der Waals surface area (Å²) in [6, 6.07) is 2.94. The van der Waals surface area contributed by atoms with Crippen LogP contribution in [-0.4, -0.2) is 10.8 Å². The first-order chi connectivity index (χ1) is 7.61. The van der Waals surface area contributed by atoms with Crippen molar-refractivity contribution in [3.8, 4) is 0 Å². The van der Waals surface area contributed by atoms with E-state index < -0.39 is 11.6 Å². The van der Waals surface area contributed by atoms with E-state index in [9.17, 15) is 9.18 Å². The highest BCUT2D eigenvalue weighted by Crippen LogP contribution is 2.29. The number of aromatic nitrogens is 1. The van der Waals surface area contributed by atoms with Crippen LogP contribution in [0.1, 0.15) is 15.2 Å². The number of thiazole rings is 1. The molecule has 2 rings (SSSR count). The number of carbonyl (C=O) groups excluding carboxylic acids is 1. The van der Waals surface area contributed by atoms with Crippen LogP contribution in [0.5, 0.6) is 0 Å². The smallest absolute Gasteiger partial charge is 0.207 e. The van der Waals surface area contributed by atoms with Gasteiger partial charge in [-0.15, -0.1) is 11.3 Å². The Kier molecular flexibility index (Phi) is 3.37. The van der Waals surface area contributed by atoms with Crippen molar-refractivity contribution in [2.75, 3.05) is 0 Å². The average Bonchev–Trinajstić information content (AvgIpc) is 2.79. The van der Waals surface area contributed by atoms with Crippen LogP contribution in [0, 0.1) is 5.82 Å². The van der Waals surface area contributed by atoms with Gasteiger partial charge in [0.15, 0.2) is 5.82 Å². The monoisotopic (exact) mass is 319 g/mol. The number of halogens is 3. The topological polar surface area (TPSA) is 30.0 Å². The van der Waals surface area contributed by atoms with Gasteiger partial charge in [-0.3, -0.25) is 9.78 Å². The van der Waals surface area contributed by atoms with E-state index in [1.807, 2.05) is 0 Å². The molecule has 0 atom stereocenters. The van der Waals surface area contributed by atoms with Gasteiger partial charge in [0.1, 0.15) is 0 Å². The number of hydrogen-bond donors (Lipinski definition) is 0. The molecule has 0 fully saturated rings.